The minimum absolute atomic E-state index is 0.120. The highest BCUT2D eigenvalue weighted by Gasteiger charge is 2.20. The van der Waals surface area contributed by atoms with E-state index in [-0.39, 0.29) is 11.5 Å². The van der Waals surface area contributed by atoms with E-state index in [0.717, 1.165) is 12.0 Å². The van der Waals surface area contributed by atoms with Crippen molar-refractivity contribution in [2.75, 3.05) is 32.9 Å². The molecule has 22 heavy (non-hydrogen) atoms. The van der Waals surface area contributed by atoms with Crippen molar-refractivity contribution < 1.29 is 14.3 Å². The van der Waals surface area contributed by atoms with Gasteiger partial charge in [0.2, 0.25) is 0 Å². The van der Waals surface area contributed by atoms with Gasteiger partial charge in [0.1, 0.15) is 17.4 Å². The van der Waals surface area contributed by atoms with Crippen LogP contribution in [0.3, 0.4) is 0 Å². The standard InChI is InChI=1S/C17H20N2O3/c1-2-9-22-16-6-4-3-5-14(16)12-15(13-18)17(20)19-7-10-21-11-8-19/h3-6,12H,2,7-11H2,1H3/b15-12+. The van der Waals surface area contributed by atoms with Crippen LogP contribution in [0.2, 0.25) is 0 Å². The number of carbonyl (C=O) groups excluding carboxylic acids is 1. The predicted molar refractivity (Wildman–Crippen MR) is 83.2 cm³/mol. The third-order valence-corrected chi connectivity index (χ3v) is 3.33. The van der Waals surface area contributed by atoms with E-state index < -0.39 is 0 Å². The highest BCUT2D eigenvalue weighted by molar-refractivity contribution is 6.02. The molecular weight excluding hydrogens is 280 g/mol. The fraction of sp³-hybridized carbons (Fsp3) is 0.412. The molecule has 5 heteroatoms. The summed E-state index contributed by atoms with van der Waals surface area (Å²) in [7, 11) is 0. The lowest BCUT2D eigenvalue weighted by atomic mass is 10.1. The van der Waals surface area contributed by atoms with Gasteiger partial charge in [-0.2, -0.15) is 5.26 Å². The maximum Gasteiger partial charge on any atom is 0.264 e. The zero-order valence-corrected chi connectivity index (χ0v) is 12.7. The SMILES string of the molecule is CCCOc1ccccc1/C=C(\C#N)C(=O)N1CCOCC1. The Morgan fingerprint density at radius 3 is 2.82 bits per heavy atom. The maximum absolute atomic E-state index is 12.4. The Labute approximate surface area is 130 Å². The van der Waals surface area contributed by atoms with Crippen LogP contribution < -0.4 is 4.74 Å². The van der Waals surface area contributed by atoms with E-state index in [2.05, 4.69) is 0 Å². The van der Waals surface area contributed by atoms with E-state index in [1.165, 1.54) is 0 Å². The van der Waals surface area contributed by atoms with Gasteiger partial charge in [0.25, 0.3) is 5.91 Å². The Hall–Kier alpha value is -2.32. The van der Waals surface area contributed by atoms with Gasteiger partial charge < -0.3 is 14.4 Å². The molecule has 0 N–H and O–H groups in total. The molecule has 1 heterocycles. The number of carbonyl (C=O) groups is 1. The molecule has 1 saturated heterocycles. The summed E-state index contributed by atoms with van der Waals surface area (Å²) >= 11 is 0. The molecule has 5 nitrogen and oxygen atoms in total. The molecule has 0 saturated carbocycles. The number of morpholine rings is 1. The number of nitriles is 1. The Morgan fingerprint density at radius 1 is 1.41 bits per heavy atom. The summed E-state index contributed by atoms with van der Waals surface area (Å²) < 4.78 is 10.9. The first-order chi connectivity index (χ1) is 10.8. The summed E-state index contributed by atoms with van der Waals surface area (Å²) in [5.74, 6) is 0.433. The number of rotatable bonds is 5. The molecule has 0 bridgehead atoms. The van der Waals surface area contributed by atoms with E-state index >= 15 is 0 Å². The second-order valence-electron chi connectivity index (χ2n) is 4.96. The second-order valence-corrected chi connectivity index (χ2v) is 4.96. The second kappa shape index (κ2) is 8.20. The Balaban J connectivity index is 2.21. The average Bonchev–Trinajstić information content (AvgIpc) is 2.59. The Bertz CT molecular complexity index is 584. The van der Waals surface area contributed by atoms with E-state index in [9.17, 15) is 10.1 Å². The van der Waals surface area contributed by atoms with Gasteiger partial charge in [0.15, 0.2) is 0 Å². The molecule has 2 rings (SSSR count). The van der Waals surface area contributed by atoms with Crippen LogP contribution in [0.25, 0.3) is 6.08 Å². The van der Waals surface area contributed by atoms with Crippen molar-refractivity contribution in [2.45, 2.75) is 13.3 Å². The van der Waals surface area contributed by atoms with Crippen molar-refractivity contribution in [1.29, 1.82) is 5.26 Å². The first-order valence-corrected chi connectivity index (χ1v) is 7.47. The van der Waals surface area contributed by atoms with Crippen molar-refractivity contribution in [1.82, 2.24) is 4.90 Å². The van der Waals surface area contributed by atoms with Crippen LogP contribution in [0.5, 0.6) is 5.75 Å². The van der Waals surface area contributed by atoms with E-state index in [1.54, 1.807) is 11.0 Å². The average molecular weight is 300 g/mol. The zero-order valence-electron chi connectivity index (χ0n) is 12.7. The Morgan fingerprint density at radius 2 is 2.14 bits per heavy atom. The van der Waals surface area contributed by atoms with E-state index in [0.29, 0.717) is 38.7 Å². The first-order valence-electron chi connectivity index (χ1n) is 7.47. The molecule has 1 fully saturated rings. The predicted octanol–water partition coefficient (Wildman–Crippen LogP) is 2.24. The molecule has 0 spiro atoms. The highest BCUT2D eigenvalue weighted by Crippen LogP contribution is 2.22. The normalized spacial score (nSPS) is 15.3. The summed E-state index contributed by atoms with van der Waals surface area (Å²) in [6.07, 6.45) is 2.50. The van der Waals surface area contributed by atoms with Gasteiger partial charge in [-0.15, -0.1) is 0 Å². The van der Waals surface area contributed by atoms with Gasteiger partial charge in [-0.05, 0) is 18.6 Å². The summed E-state index contributed by atoms with van der Waals surface area (Å²) in [5.41, 5.74) is 0.864. The third-order valence-electron chi connectivity index (χ3n) is 3.33. The Kier molecular flexibility index (Phi) is 5.99. The molecule has 0 aromatic heterocycles. The smallest absolute Gasteiger partial charge is 0.264 e. The van der Waals surface area contributed by atoms with Crippen LogP contribution in [-0.4, -0.2) is 43.7 Å². The first kappa shape index (κ1) is 16.1. The molecule has 0 aliphatic carbocycles. The van der Waals surface area contributed by atoms with Gasteiger partial charge in [0, 0.05) is 18.7 Å². The number of ether oxygens (including phenoxy) is 2. The van der Waals surface area contributed by atoms with Gasteiger partial charge in [-0.3, -0.25) is 4.79 Å². The summed E-state index contributed by atoms with van der Waals surface area (Å²) in [6.45, 7) is 4.70. The lowest BCUT2D eigenvalue weighted by molar-refractivity contribution is -0.130. The third kappa shape index (κ3) is 4.09. The van der Waals surface area contributed by atoms with Gasteiger partial charge in [0.05, 0.1) is 19.8 Å². The number of amides is 1. The van der Waals surface area contributed by atoms with Crippen molar-refractivity contribution in [3.8, 4) is 11.8 Å². The molecule has 0 unspecified atom stereocenters. The minimum atomic E-state index is -0.254. The maximum atomic E-state index is 12.4. The van der Waals surface area contributed by atoms with E-state index in [1.807, 2.05) is 37.3 Å². The molecule has 0 atom stereocenters. The van der Waals surface area contributed by atoms with Crippen LogP contribution >= 0.6 is 0 Å². The summed E-state index contributed by atoms with van der Waals surface area (Å²) in [6, 6.07) is 9.42. The number of hydrogen-bond acceptors (Lipinski definition) is 4. The monoisotopic (exact) mass is 300 g/mol. The number of hydrogen-bond donors (Lipinski definition) is 0. The fourth-order valence-electron chi connectivity index (χ4n) is 2.18. The van der Waals surface area contributed by atoms with Gasteiger partial charge >= 0.3 is 0 Å². The molecule has 116 valence electrons. The zero-order chi connectivity index (χ0) is 15.8. The van der Waals surface area contributed by atoms with Gasteiger partial charge in [-0.25, -0.2) is 0 Å². The van der Waals surface area contributed by atoms with Crippen LogP contribution in [0.4, 0.5) is 0 Å². The largest absolute Gasteiger partial charge is 0.493 e. The van der Waals surface area contributed by atoms with Crippen LogP contribution in [0.1, 0.15) is 18.9 Å². The highest BCUT2D eigenvalue weighted by atomic mass is 16.5. The molecule has 0 radical (unpaired) electrons. The molecule has 1 aromatic carbocycles. The molecular formula is C17H20N2O3. The van der Waals surface area contributed by atoms with E-state index in [4.69, 9.17) is 9.47 Å². The van der Waals surface area contributed by atoms with Crippen molar-refractivity contribution >= 4 is 12.0 Å². The number of benzene rings is 1. The lowest BCUT2D eigenvalue weighted by Crippen LogP contribution is -2.41. The van der Waals surface area contributed by atoms with Crippen molar-refractivity contribution in [3.05, 3.63) is 35.4 Å². The van der Waals surface area contributed by atoms with Crippen LogP contribution in [-0.2, 0) is 9.53 Å². The molecule has 1 aromatic rings. The lowest BCUT2D eigenvalue weighted by Gasteiger charge is -2.26. The van der Waals surface area contributed by atoms with Crippen molar-refractivity contribution in [3.63, 3.8) is 0 Å². The molecule has 1 aliphatic rings. The molecule has 1 amide bonds. The summed E-state index contributed by atoms with van der Waals surface area (Å²) in [5, 5.41) is 9.32. The van der Waals surface area contributed by atoms with Crippen LogP contribution in [0, 0.1) is 11.3 Å². The fourth-order valence-corrected chi connectivity index (χ4v) is 2.18. The van der Waals surface area contributed by atoms with Crippen molar-refractivity contribution in [2.24, 2.45) is 0 Å². The quantitative estimate of drug-likeness (QED) is 0.618. The van der Waals surface area contributed by atoms with Crippen LogP contribution in [0.15, 0.2) is 29.8 Å². The number of nitrogens with zero attached hydrogens (tertiary/aromatic N) is 2. The minimum Gasteiger partial charge on any atom is -0.493 e. The topological polar surface area (TPSA) is 62.6 Å². The number of para-hydroxylation sites is 1. The molecule has 1 aliphatic heterocycles. The van der Waals surface area contributed by atoms with Gasteiger partial charge in [-0.1, -0.05) is 25.1 Å². The summed E-state index contributed by atoms with van der Waals surface area (Å²) in [4.78, 5) is 14.0.